The molecule has 0 spiro atoms. The lowest BCUT2D eigenvalue weighted by molar-refractivity contribution is -0.139. The monoisotopic (exact) mass is 601 g/mol. The summed E-state index contributed by atoms with van der Waals surface area (Å²) < 4.78 is 0. The van der Waals surface area contributed by atoms with E-state index in [0.29, 0.717) is 19.4 Å². The Morgan fingerprint density at radius 1 is 1.02 bits per heavy atom. The molecule has 0 radical (unpaired) electrons. The van der Waals surface area contributed by atoms with Gasteiger partial charge in [0.15, 0.2) is 0 Å². The lowest BCUT2D eigenvalue weighted by atomic mass is 9.77. The highest BCUT2D eigenvalue weighted by Gasteiger charge is 2.35. The number of aliphatic carboxylic acids is 1. The molecule has 7 heteroatoms. The Morgan fingerprint density at radius 3 is 2.35 bits per heavy atom. The molecule has 4 atom stereocenters. The molecule has 0 saturated heterocycles. The van der Waals surface area contributed by atoms with Gasteiger partial charge in [0.25, 0.3) is 0 Å². The quantitative estimate of drug-likeness (QED) is 0.0661. The van der Waals surface area contributed by atoms with E-state index < -0.39 is 24.3 Å². The van der Waals surface area contributed by atoms with Crippen LogP contribution in [0.3, 0.4) is 0 Å². The van der Waals surface area contributed by atoms with E-state index in [1.165, 1.54) is 5.56 Å². The Balaban J connectivity index is 2.35. The van der Waals surface area contributed by atoms with E-state index in [9.17, 15) is 30.3 Å². The summed E-state index contributed by atoms with van der Waals surface area (Å²) in [6.07, 6.45) is 15.3. The van der Waals surface area contributed by atoms with Crippen LogP contribution < -0.4 is 5.32 Å². The molecule has 2 rings (SSSR count). The highest BCUT2D eigenvalue weighted by atomic mass is 16.4. The average Bonchev–Trinajstić information content (AvgIpc) is 3.44. The summed E-state index contributed by atoms with van der Waals surface area (Å²) in [5, 5.41) is 54.4. The van der Waals surface area contributed by atoms with Crippen LogP contribution in [0.2, 0.25) is 0 Å². The van der Waals surface area contributed by atoms with Crippen LogP contribution in [0.15, 0.2) is 53.6 Å². The first kappa shape index (κ1) is 37.2. The van der Waals surface area contributed by atoms with Gasteiger partial charge in [-0.15, -0.1) is 0 Å². The summed E-state index contributed by atoms with van der Waals surface area (Å²) in [4.78, 5) is 11.6. The van der Waals surface area contributed by atoms with Crippen LogP contribution in [-0.4, -0.2) is 69.0 Å². The fourth-order valence-electron chi connectivity index (χ4n) is 6.54. The minimum Gasteiger partial charge on any atom is -0.481 e. The van der Waals surface area contributed by atoms with Gasteiger partial charge in [-0.2, -0.15) is 0 Å². The zero-order valence-electron chi connectivity index (χ0n) is 26.7. The van der Waals surface area contributed by atoms with Gasteiger partial charge >= 0.3 is 5.97 Å². The molecule has 0 aromatic heterocycles. The maximum absolute atomic E-state index is 11.6. The van der Waals surface area contributed by atoms with Crippen molar-refractivity contribution in [2.45, 2.75) is 141 Å². The SMILES string of the molecule is CCCCCC(O)C=CC(CCc1ccccc1)=C(CC(O)CO)C(CCCCC1(CC(=O)O)CCCC1)NCC(C)O. The van der Waals surface area contributed by atoms with Crippen molar-refractivity contribution in [2.24, 2.45) is 5.41 Å². The van der Waals surface area contributed by atoms with Crippen LogP contribution in [0.25, 0.3) is 0 Å². The number of aliphatic hydroxyl groups is 4. The molecule has 7 nitrogen and oxygen atoms in total. The molecule has 0 bridgehead atoms. The third kappa shape index (κ3) is 15.0. The predicted molar refractivity (Wildman–Crippen MR) is 174 cm³/mol. The van der Waals surface area contributed by atoms with Crippen molar-refractivity contribution >= 4 is 5.97 Å². The van der Waals surface area contributed by atoms with Crippen molar-refractivity contribution in [1.82, 2.24) is 5.32 Å². The van der Waals surface area contributed by atoms with E-state index in [0.717, 1.165) is 88.2 Å². The zero-order chi connectivity index (χ0) is 31.5. The Kier molecular flexibility index (Phi) is 18.0. The normalized spacial score (nSPS) is 18.4. The molecule has 1 fully saturated rings. The van der Waals surface area contributed by atoms with E-state index in [2.05, 4.69) is 24.4 Å². The Hall–Kier alpha value is -2.03. The number of hydrogen-bond acceptors (Lipinski definition) is 6. The smallest absolute Gasteiger partial charge is 0.303 e. The lowest BCUT2D eigenvalue weighted by Gasteiger charge is -2.29. The number of carbonyl (C=O) groups is 1. The number of hydrogen-bond donors (Lipinski definition) is 6. The van der Waals surface area contributed by atoms with Crippen LogP contribution in [0.1, 0.15) is 116 Å². The molecule has 1 saturated carbocycles. The maximum atomic E-state index is 11.6. The summed E-state index contributed by atoms with van der Waals surface area (Å²) in [6.45, 7) is 3.93. The molecule has 0 aliphatic heterocycles. The molecule has 4 unspecified atom stereocenters. The Bertz CT molecular complexity index is 954. The first-order chi connectivity index (χ1) is 20.7. The standard InChI is InChI=1S/C36H59NO6/c1-3-4-6-15-31(40)20-19-30(18-17-29-13-7-5-8-14-29)33(24-32(41)27-38)34(37-26-28(2)39)16-9-10-21-36(25-35(42)43)22-11-12-23-36/h5,7-8,13-14,19-20,28,31-32,34,37-41H,3-4,6,9-12,15-18,21-27H2,1-2H3,(H,42,43). The number of nitrogens with one attached hydrogen (secondary N) is 1. The van der Waals surface area contributed by atoms with Crippen LogP contribution >= 0.6 is 0 Å². The number of aryl methyl sites for hydroxylation is 1. The minimum absolute atomic E-state index is 0.0996. The van der Waals surface area contributed by atoms with Crippen molar-refractivity contribution in [3.63, 3.8) is 0 Å². The second kappa shape index (κ2) is 20.8. The summed E-state index contributed by atoms with van der Waals surface area (Å²) in [6, 6.07) is 10.1. The molecule has 0 amide bonds. The van der Waals surface area contributed by atoms with Crippen LogP contribution in [0, 0.1) is 5.41 Å². The number of benzene rings is 1. The zero-order valence-corrected chi connectivity index (χ0v) is 26.7. The molecule has 1 aromatic carbocycles. The average molecular weight is 602 g/mol. The van der Waals surface area contributed by atoms with Gasteiger partial charge in [-0.3, -0.25) is 4.79 Å². The van der Waals surface area contributed by atoms with Gasteiger partial charge in [0, 0.05) is 12.6 Å². The fourth-order valence-corrected chi connectivity index (χ4v) is 6.54. The van der Waals surface area contributed by atoms with Gasteiger partial charge in [-0.25, -0.2) is 0 Å². The van der Waals surface area contributed by atoms with Crippen LogP contribution in [0.5, 0.6) is 0 Å². The number of allylic oxidation sites excluding steroid dienone is 2. The van der Waals surface area contributed by atoms with Crippen molar-refractivity contribution in [1.29, 1.82) is 0 Å². The molecule has 1 aromatic rings. The Labute approximate surface area is 260 Å². The predicted octanol–water partition coefficient (Wildman–Crippen LogP) is 6.09. The molecular weight excluding hydrogens is 542 g/mol. The Morgan fingerprint density at radius 2 is 1.72 bits per heavy atom. The van der Waals surface area contributed by atoms with E-state index >= 15 is 0 Å². The van der Waals surface area contributed by atoms with Crippen LogP contribution in [-0.2, 0) is 11.2 Å². The molecule has 1 aliphatic carbocycles. The van der Waals surface area contributed by atoms with E-state index in [1.54, 1.807) is 6.92 Å². The number of aliphatic hydroxyl groups excluding tert-OH is 4. The molecule has 43 heavy (non-hydrogen) atoms. The van der Waals surface area contributed by atoms with Gasteiger partial charge in [0.2, 0.25) is 0 Å². The third-order valence-corrected chi connectivity index (χ3v) is 8.95. The number of carboxylic acids is 1. The van der Waals surface area contributed by atoms with Gasteiger partial charge in [-0.05, 0) is 80.4 Å². The van der Waals surface area contributed by atoms with E-state index in [1.807, 2.05) is 30.4 Å². The fraction of sp³-hybridized carbons (Fsp3) is 0.694. The summed E-state index contributed by atoms with van der Waals surface area (Å²) in [5.74, 6) is -0.715. The van der Waals surface area contributed by atoms with Gasteiger partial charge in [0.05, 0.1) is 31.3 Å². The summed E-state index contributed by atoms with van der Waals surface area (Å²) in [5.41, 5.74) is 3.13. The number of carboxylic acid groups (broad SMARTS) is 1. The minimum atomic E-state index is -0.919. The summed E-state index contributed by atoms with van der Waals surface area (Å²) >= 11 is 0. The second-order valence-electron chi connectivity index (χ2n) is 12.8. The highest BCUT2D eigenvalue weighted by molar-refractivity contribution is 5.67. The number of rotatable bonds is 23. The topological polar surface area (TPSA) is 130 Å². The first-order valence-corrected chi connectivity index (χ1v) is 16.7. The molecule has 0 heterocycles. The summed E-state index contributed by atoms with van der Waals surface area (Å²) in [7, 11) is 0. The first-order valence-electron chi connectivity index (χ1n) is 16.7. The second-order valence-corrected chi connectivity index (χ2v) is 12.8. The van der Waals surface area contributed by atoms with E-state index in [4.69, 9.17) is 0 Å². The van der Waals surface area contributed by atoms with Gasteiger partial charge in [-0.1, -0.05) is 94.4 Å². The maximum Gasteiger partial charge on any atom is 0.303 e. The van der Waals surface area contributed by atoms with E-state index in [-0.39, 0.29) is 30.9 Å². The lowest BCUT2D eigenvalue weighted by Crippen LogP contribution is -2.38. The van der Waals surface area contributed by atoms with Crippen molar-refractivity contribution in [3.8, 4) is 0 Å². The van der Waals surface area contributed by atoms with Gasteiger partial charge in [0.1, 0.15) is 0 Å². The number of unbranched alkanes of at least 4 members (excludes halogenated alkanes) is 3. The molecule has 6 N–H and O–H groups in total. The molecule has 244 valence electrons. The van der Waals surface area contributed by atoms with Crippen molar-refractivity contribution < 1.29 is 30.3 Å². The molecule has 1 aliphatic rings. The molecular formula is C36H59NO6. The highest BCUT2D eigenvalue weighted by Crippen LogP contribution is 2.45. The van der Waals surface area contributed by atoms with Crippen LogP contribution in [0.4, 0.5) is 0 Å². The largest absolute Gasteiger partial charge is 0.481 e. The van der Waals surface area contributed by atoms with Gasteiger partial charge < -0.3 is 30.8 Å². The third-order valence-electron chi connectivity index (χ3n) is 8.95. The van der Waals surface area contributed by atoms with Crippen molar-refractivity contribution in [3.05, 3.63) is 59.2 Å². The van der Waals surface area contributed by atoms with Crippen molar-refractivity contribution in [2.75, 3.05) is 13.2 Å².